The van der Waals surface area contributed by atoms with Crippen molar-refractivity contribution < 1.29 is 26.4 Å². The Balaban J connectivity index is 1.71. The molecule has 0 aliphatic carbocycles. The van der Waals surface area contributed by atoms with Crippen molar-refractivity contribution in [2.45, 2.75) is 38.1 Å². The maximum Gasteiger partial charge on any atom is 0.416 e. The van der Waals surface area contributed by atoms with E-state index in [1.54, 1.807) is 30.0 Å². The molecule has 1 heterocycles. The third-order valence-corrected chi connectivity index (χ3v) is 5.98. The van der Waals surface area contributed by atoms with Crippen LogP contribution in [0.5, 0.6) is 0 Å². The third kappa shape index (κ3) is 5.29. The normalized spacial score (nSPS) is 15.4. The molecule has 9 heteroatoms. The summed E-state index contributed by atoms with van der Waals surface area (Å²) in [5.74, 6) is -0.397. The second kappa shape index (κ2) is 8.06. The number of nitrogens with zero attached hydrogens (tertiary/aromatic N) is 1. The third-order valence-electron chi connectivity index (χ3n) is 4.72. The van der Waals surface area contributed by atoms with Gasteiger partial charge in [0.15, 0.2) is 0 Å². The van der Waals surface area contributed by atoms with Crippen molar-refractivity contribution >= 4 is 27.3 Å². The molecule has 0 unspecified atom stereocenters. The molecule has 0 saturated carbocycles. The Labute approximate surface area is 167 Å². The van der Waals surface area contributed by atoms with Crippen LogP contribution in [0.4, 0.5) is 24.5 Å². The van der Waals surface area contributed by atoms with Gasteiger partial charge in [-0.1, -0.05) is 12.1 Å². The molecular formula is C20H21F3N2O3S. The van der Waals surface area contributed by atoms with Gasteiger partial charge in [0.05, 0.1) is 11.3 Å². The van der Waals surface area contributed by atoms with Gasteiger partial charge >= 0.3 is 6.18 Å². The number of halogens is 3. The molecule has 1 amide bonds. The number of aryl methyl sites for hydroxylation is 1. The molecule has 0 radical (unpaired) electrons. The fourth-order valence-electron chi connectivity index (χ4n) is 3.31. The summed E-state index contributed by atoms with van der Waals surface area (Å²) >= 11 is 0. The first-order valence-corrected chi connectivity index (χ1v) is 10.8. The molecule has 1 aliphatic rings. The lowest BCUT2D eigenvalue weighted by Crippen LogP contribution is -2.35. The minimum absolute atomic E-state index is 0.0509. The lowest BCUT2D eigenvalue weighted by molar-refractivity contribution is -0.137. The molecule has 0 aromatic heterocycles. The van der Waals surface area contributed by atoms with E-state index in [0.29, 0.717) is 18.7 Å². The summed E-state index contributed by atoms with van der Waals surface area (Å²) in [4.78, 5) is 13.8. The molecule has 2 aromatic rings. The van der Waals surface area contributed by atoms with Crippen molar-refractivity contribution in [3.8, 4) is 0 Å². The fraction of sp³-hybridized carbons (Fsp3) is 0.350. The van der Waals surface area contributed by atoms with E-state index in [2.05, 4.69) is 4.72 Å². The SMILES string of the molecule is Cc1cc(NS(=O)(=O)Cc2ccc(C(F)(F)F)cc2)ccc1N1CCCCC1=O. The summed E-state index contributed by atoms with van der Waals surface area (Å²) in [6.45, 7) is 2.43. The van der Waals surface area contributed by atoms with Gasteiger partial charge in [0.25, 0.3) is 0 Å². The van der Waals surface area contributed by atoms with E-state index in [9.17, 15) is 26.4 Å². The van der Waals surface area contributed by atoms with Gasteiger partial charge in [-0.15, -0.1) is 0 Å². The summed E-state index contributed by atoms with van der Waals surface area (Å²) in [5.41, 5.74) is 1.26. The van der Waals surface area contributed by atoms with Crippen molar-refractivity contribution in [2.75, 3.05) is 16.2 Å². The smallest absolute Gasteiger partial charge is 0.312 e. The number of sulfonamides is 1. The molecule has 0 atom stereocenters. The van der Waals surface area contributed by atoms with E-state index < -0.39 is 27.5 Å². The van der Waals surface area contributed by atoms with Crippen molar-refractivity contribution in [1.82, 2.24) is 0 Å². The number of piperidine rings is 1. The highest BCUT2D eigenvalue weighted by atomic mass is 32.2. The van der Waals surface area contributed by atoms with Crippen molar-refractivity contribution in [1.29, 1.82) is 0 Å². The van der Waals surface area contributed by atoms with Gasteiger partial charge in [-0.3, -0.25) is 9.52 Å². The van der Waals surface area contributed by atoms with Crippen LogP contribution in [0.15, 0.2) is 42.5 Å². The van der Waals surface area contributed by atoms with E-state index >= 15 is 0 Å². The molecule has 1 saturated heterocycles. The minimum Gasteiger partial charge on any atom is -0.312 e. The number of benzene rings is 2. The minimum atomic E-state index is -4.47. The van der Waals surface area contributed by atoms with Crippen LogP contribution in [0, 0.1) is 6.92 Å². The molecule has 3 rings (SSSR count). The van der Waals surface area contributed by atoms with Crippen molar-refractivity contribution in [3.63, 3.8) is 0 Å². The topological polar surface area (TPSA) is 66.5 Å². The lowest BCUT2D eigenvalue weighted by atomic mass is 10.1. The summed E-state index contributed by atoms with van der Waals surface area (Å²) in [7, 11) is -3.81. The average Bonchev–Trinajstić information content (AvgIpc) is 2.62. The number of hydrogen-bond acceptors (Lipinski definition) is 3. The van der Waals surface area contributed by atoms with Crippen LogP contribution >= 0.6 is 0 Å². The molecule has 29 heavy (non-hydrogen) atoms. The second-order valence-corrected chi connectivity index (χ2v) is 8.78. The molecule has 0 bridgehead atoms. The Hall–Kier alpha value is -2.55. The fourth-order valence-corrected chi connectivity index (χ4v) is 4.50. The first-order valence-electron chi connectivity index (χ1n) is 9.13. The number of carbonyl (C=O) groups excluding carboxylic acids is 1. The Morgan fingerprint density at radius 1 is 1.07 bits per heavy atom. The number of amides is 1. The first-order chi connectivity index (χ1) is 13.5. The zero-order chi connectivity index (χ0) is 21.2. The average molecular weight is 426 g/mol. The Bertz CT molecular complexity index is 1000. The molecule has 0 spiro atoms. The molecule has 1 aliphatic heterocycles. The maximum absolute atomic E-state index is 12.6. The van der Waals surface area contributed by atoms with Crippen LogP contribution in [0.25, 0.3) is 0 Å². The predicted molar refractivity (Wildman–Crippen MR) is 105 cm³/mol. The predicted octanol–water partition coefficient (Wildman–Crippen LogP) is 4.47. The number of anilines is 2. The molecule has 2 aromatic carbocycles. The van der Waals surface area contributed by atoms with Gasteiger partial charge in [-0.25, -0.2) is 8.42 Å². The summed E-state index contributed by atoms with van der Waals surface area (Å²) in [6.07, 6.45) is -2.17. The van der Waals surface area contributed by atoms with Gasteiger partial charge in [0.2, 0.25) is 15.9 Å². The quantitative estimate of drug-likeness (QED) is 0.767. The molecule has 156 valence electrons. The van der Waals surface area contributed by atoms with Crippen LogP contribution in [0.2, 0.25) is 0 Å². The maximum atomic E-state index is 12.6. The highest BCUT2D eigenvalue weighted by Gasteiger charge is 2.30. The van der Waals surface area contributed by atoms with Crippen LogP contribution in [-0.2, 0) is 26.7 Å². The summed E-state index contributed by atoms with van der Waals surface area (Å²) in [5, 5.41) is 0. The van der Waals surface area contributed by atoms with Crippen LogP contribution in [-0.4, -0.2) is 20.9 Å². The number of alkyl halides is 3. The Morgan fingerprint density at radius 2 is 1.76 bits per heavy atom. The monoisotopic (exact) mass is 426 g/mol. The standard InChI is InChI=1S/C20H21F3N2O3S/c1-14-12-17(9-10-18(14)25-11-3-2-4-19(25)26)24-29(27,28)13-15-5-7-16(8-6-15)20(21,22)23/h5-10,12,24H,2-4,11,13H2,1H3. The van der Waals surface area contributed by atoms with Gasteiger partial charge in [0, 0.05) is 24.3 Å². The van der Waals surface area contributed by atoms with Crippen LogP contribution < -0.4 is 9.62 Å². The van der Waals surface area contributed by atoms with E-state index in [0.717, 1.165) is 48.4 Å². The van der Waals surface area contributed by atoms with Gasteiger partial charge in [-0.05, 0) is 61.2 Å². The van der Waals surface area contributed by atoms with Gasteiger partial charge in [-0.2, -0.15) is 13.2 Å². The number of nitrogens with one attached hydrogen (secondary N) is 1. The largest absolute Gasteiger partial charge is 0.416 e. The van der Waals surface area contributed by atoms with E-state index in [1.807, 2.05) is 0 Å². The van der Waals surface area contributed by atoms with Gasteiger partial charge < -0.3 is 4.90 Å². The second-order valence-electron chi connectivity index (χ2n) is 7.06. The lowest BCUT2D eigenvalue weighted by Gasteiger charge is -2.28. The Morgan fingerprint density at radius 3 is 2.34 bits per heavy atom. The van der Waals surface area contributed by atoms with E-state index in [4.69, 9.17) is 0 Å². The highest BCUT2D eigenvalue weighted by molar-refractivity contribution is 7.91. The van der Waals surface area contributed by atoms with E-state index in [-0.39, 0.29) is 11.5 Å². The van der Waals surface area contributed by atoms with Crippen molar-refractivity contribution in [2.24, 2.45) is 0 Å². The zero-order valence-corrected chi connectivity index (χ0v) is 16.6. The number of carbonyl (C=O) groups is 1. The molecule has 1 N–H and O–H groups in total. The molecular weight excluding hydrogens is 405 g/mol. The molecule has 5 nitrogen and oxygen atoms in total. The summed E-state index contributed by atoms with van der Waals surface area (Å²) < 4.78 is 65.1. The van der Waals surface area contributed by atoms with E-state index in [1.165, 1.54) is 0 Å². The first kappa shape index (κ1) is 21.2. The van der Waals surface area contributed by atoms with Crippen LogP contribution in [0.3, 0.4) is 0 Å². The van der Waals surface area contributed by atoms with Crippen LogP contribution in [0.1, 0.15) is 36.0 Å². The van der Waals surface area contributed by atoms with Crippen molar-refractivity contribution in [3.05, 3.63) is 59.2 Å². The number of hydrogen-bond donors (Lipinski definition) is 1. The summed E-state index contributed by atoms with van der Waals surface area (Å²) in [6, 6.07) is 8.94. The number of rotatable bonds is 5. The Kier molecular flexibility index (Phi) is 5.88. The molecule has 1 fully saturated rings. The zero-order valence-electron chi connectivity index (χ0n) is 15.8. The van der Waals surface area contributed by atoms with Gasteiger partial charge in [0.1, 0.15) is 0 Å². The highest BCUT2D eigenvalue weighted by Crippen LogP contribution is 2.30.